The number of carbonyl (C=O) groups excluding carboxylic acids is 1. The average molecular weight is 336 g/mol. The van der Waals surface area contributed by atoms with Gasteiger partial charge in [0.15, 0.2) is 0 Å². The third-order valence-corrected chi connectivity index (χ3v) is 3.34. The van der Waals surface area contributed by atoms with Crippen molar-refractivity contribution < 1.29 is 9.72 Å². The maximum Gasteiger partial charge on any atom is 0.292 e. The second-order valence-electron chi connectivity index (χ2n) is 5.28. The zero-order chi connectivity index (χ0) is 18.2. The van der Waals surface area contributed by atoms with E-state index in [1.54, 1.807) is 18.0 Å². The summed E-state index contributed by atoms with van der Waals surface area (Å²) in [6.45, 7) is 0.519. The number of benzene rings is 2. The number of hydrogen-bond acceptors (Lipinski definition) is 5. The molecule has 1 amide bonds. The Morgan fingerprint density at radius 1 is 1.24 bits per heavy atom. The van der Waals surface area contributed by atoms with E-state index in [0.717, 1.165) is 5.56 Å². The van der Waals surface area contributed by atoms with Gasteiger partial charge in [0.2, 0.25) is 0 Å². The topological polar surface area (TPSA) is 99.3 Å². The van der Waals surface area contributed by atoms with Crippen molar-refractivity contribution in [3.8, 4) is 6.07 Å². The van der Waals surface area contributed by atoms with Crippen molar-refractivity contribution in [1.82, 2.24) is 4.90 Å². The van der Waals surface area contributed by atoms with Crippen LogP contribution in [0.15, 0.2) is 66.4 Å². The third-order valence-electron chi connectivity index (χ3n) is 3.34. The van der Waals surface area contributed by atoms with Gasteiger partial charge in [0.25, 0.3) is 11.6 Å². The lowest BCUT2D eigenvalue weighted by Gasteiger charge is -2.15. The minimum atomic E-state index is -0.697. The monoisotopic (exact) mass is 336 g/mol. The van der Waals surface area contributed by atoms with E-state index in [-0.39, 0.29) is 16.9 Å². The number of amides is 1. The van der Waals surface area contributed by atoms with Crippen LogP contribution in [0.4, 0.5) is 11.4 Å². The van der Waals surface area contributed by atoms with Crippen LogP contribution < -0.4 is 5.32 Å². The van der Waals surface area contributed by atoms with Crippen molar-refractivity contribution in [2.45, 2.75) is 6.54 Å². The summed E-state index contributed by atoms with van der Waals surface area (Å²) in [7, 11) is 1.74. The third kappa shape index (κ3) is 4.91. The molecule has 0 unspecified atom stereocenters. The molecular formula is C18H16N4O3. The SMILES string of the molecule is CN(/C=C(/C#N)C(=O)Nc1ccccc1[N+](=O)[O-])Cc1ccccc1. The van der Waals surface area contributed by atoms with Gasteiger partial charge in [-0.15, -0.1) is 0 Å². The van der Waals surface area contributed by atoms with Gasteiger partial charge < -0.3 is 10.2 Å². The van der Waals surface area contributed by atoms with Crippen LogP contribution in [0.5, 0.6) is 0 Å². The summed E-state index contributed by atoms with van der Waals surface area (Å²) in [6.07, 6.45) is 1.41. The normalized spacial score (nSPS) is 10.6. The zero-order valence-corrected chi connectivity index (χ0v) is 13.5. The van der Waals surface area contributed by atoms with Gasteiger partial charge in [-0.1, -0.05) is 42.5 Å². The average Bonchev–Trinajstić information content (AvgIpc) is 2.60. The number of nitrogens with zero attached hydrogens (tertiary/aromatic N) is 3. The molecule has 0 aliphatic heterocycles. The Hall–Kier alpha value is -3.66. The van der Waals surface area contributed by atoms with Crippen LogP contribution in [-0.2, 0) is 11.3 Å². The van der Waals surface area contributed by atoms with E-state index >= 15 is 0 Å². The van der Waals surface area contributed by atoms with E-state index in [4.69, 9.17) is 0 Å². The van der Waals surface area contributed by atoms with Gasteiger partial charge in [-0.3, -0.25) is 14.9 Å². The molecule has 7 heteroatoms. The van der Waals surface area contributed by atoms with Crippen molar-refractivity contribution in [3.63, 3.8) is 0 Å². The molecule has 0 bridgehead atoms. The molecule has 0 atom stereocenters. The Bertz CT molecular complexity index is 841. The van der Waals surface area contributed by atoms with Crippen molar-refractivity contribution >= 4 is 17.3 Å². The lowest BCUT2D eigenvalue weighted by molar-refractivity contribution is -0.383. The predicted molar refractivity (Wildman–Crippen MR) is 93.3 cm³/mol. The fraction of sp³-hybridized carbons (Fsp3) is 0.111. The highest BCUT2D eigenvalue weighted by Crippen LogP contribution is 2.23. The highest BCUT2D eigenvalue weighted by atomic mass is 16.6. The van der Waals surface area contributed by atoms with Gasteiger partial charge in [0, 0.05) is 25.9 Å². The van der Waals surface area contributed by atoms with Crippen molar-refractivity contribution in [3.05, 3.63) is 82.0 Å². The van der Waals surface area contributed by atoms with E-state index < -0.39 is 10.8 Å². The highest BCUT2D eigenvalue weighted by Gasteiger charge is 2.17. The Balaban J connectivity index is 2.13. The summed E-state index contributed by atoms with van der Waals surface area (Å²) < 4.78 is 0. The largest absolute Gasteiger partial charge is 0.375 e. The molecule has 2 aromatic carbocycles. The zero-order valence-electron chi connectivity index (χ0n) is 13.5. The first-order valence-electron chi connectivity index (χ1n) is 7.42. The van der Waals surface area contributed by atoms with E-state index in [1.165, 1.54) is 24.4 Å². The van der Waals surface area contributed by atoms with Gasteiger partial charge in [0.1, 0.15) is 17.3 Å². The quantitative estimate of drug-likeness (QED) is 0.378. The summed E-state index contributed by atoms with van der Waals surface area (Å²) in [5.74, 6) is -0.697. The Kier molecular flexibility index (Phi) is 5.85. The molecule has 0 aliphatic carbocycles. The Morgan fingerprint density at radius 2 is 1.88 bits per heavy atom. The number of para-hydroxylation sites is 2. The number of nitro benzene ring substituents is 1. The predicted octanol–water partition coefficient (Wildman–Crippen LogP) is 3.07. The van der Waals surface area contributed by atoms with Crippen LogP contribution >= 0.6 is 0 Å². The molecule has 0 aliphatic rings. The first kappa shape index (κ1) is 17.7. The molecule has 0 saturated carbocycles. The second kappa shape index (κ2) is 8.26. The molecule has 2 rings (SSSR count). The minimum absolute atomic E-state index is 0.0457. The summed E-state index contributed by atoms with van der Waals surface area (Å²) >= 11 is 0. The van der Waals surface area contributed by atoms with Gasteiger partial charge in [-0.25, -0.2) is 0 Å². The highest BCUT2D eigenvalue weighted by molar-refractivity contribution is 6.07. The summed E-state index contributed by atoms with van der Waals surface area (Å²) in [4.78, 5) is 24.4. The lowest BCUT2D eigenvalue weighted by atomic mass is 10.2. The van der Waals surface area contributed by atoms with E-state index in [1.807, 2.05) is 36.4 Å². The number of nitrogens with one attached hydrogen (secondary N) is 1. The minimum Gasteiger partial charge on any atom is -0.375 e. The molecule has 0 radical (unpaired) electrons. The maximum absolute atomic E-state index is 12.3. The van der Waals surface area contributed by atoms with Crippen molar-refractivity contribution in [1.29, 1.82) is 5.26 Å². The van der Waals surface area contributed by atoms with Crippen LogP contribution in [0.25, 0.3) is 0 Å². The number of anilines is 1. The number of carbonyl (C=O) groups is 1. The molecule has 25 heavy (non-hydrogen) atoms. The van der Waals surface area contributed by atoms with Crippen LogP contribution in [0.3, 0.4) is 0 Å². The van der Waals surface area contributed by atoms with E-state index in [2.05, 4.69) is 5.32 Å². The number of rotatable bonds is 6. The standard InChI is InChI=1S/C18H16N4O3/c1-21(12-14-7-3-2-4-8-14)13-15(11-19)18(23)20-16-9-5-6-10-17(16)22(24)25/h2-10,13H,12H2,1H3,(H,20,23)/b15-13-. The van der Waals surface area contributed by atoms with Gasteiger partial charge >= 0.3 is 0 Å². The molecular weight excluding hydrogens is 320 g/mol. The fourth-order valence-corrected chi connectivity index (χ4v) is 2.20. The first-order valence-corrected chi connectivity index (χ1v) is 7.42. The summed E-state index contributed by atoms with van der Waals surface area (Å²) in [6, 6.07) is 17.2. The van der Waals surface area contributed by atoms with Crippen molar-refractivity contribution in [2.75, 3.05) is 12.4 Å². The maximum atomic E-state index is 12.3. The number of nitriles is 1. The lowest BCUT2D eigenvalue weighted by Crippen LogP contribution is -2.18. The summed E-state index contributed by atoms with van der Waals surface area (Å²) in [5.41, 5.74) is 0.698. The molecule has 0 aromatic heterocycles. The fourth-order valence-electron chi connectivity index (χ4n) is 2.20. The molecule has 126 valence electrons. The molecule has 1 N–H and O–H groups in total. The van der Waals surface area contributed by atoms with Crippen LogP contribution in [0, 0.1) is 21.4 Å². The Labute approximate surface area is 145 Å². The number of hydrogen-bond donors (Lipinski definition) is 1. The molecule has 7 nitrogen and oxygen atoms in total. The molecule has 0 spiro atoms. The molecule has 2 aromatic rings. The second-order valence-corrected chi connectivity index (χ2v) is 5.28. The Morgan fingerprint density at radius 3 is 2.52 bits per heavy atom. The molecule has 0 saturated heterocycles. The number of nitro groups is 1. The van der Waals surface area contributed by atoms with Crippen LogP contribution in [0.2, 0.25) is 0 Å². The molecule has 0 fully saturated rings. The van der Waals surface area contributed by atoms with Crippen molar-refractivity contribution in [2.24, 2.45) is 0 Å². The smallest absolute Gasteiger partial charge is 0.292 e. The van der Waals surface area contributed by atoms with Gasteiger partial charge in [0.05, 0.1) is 4.92 Å². The van der Waals surface area contributed by atoms with Crippen LogP contribution in [-0.4, -0.2) is 22.8 Å². The first-order chi connectivity index (χ1) is 12.0. The van der Waals surface area contributed by atoms with Gasteiger partial charge in [-0.05, 0) is 11.6 Å². The van der Waals surface area contributed by atoms with Crippen LogP contribution in [0.1, 0.15) is 5.56 Å². The van der Waals surface area contributed by atoms with E-state index in [9.17, 15) is 20.2 Å². The van der Waals surface area contributed by atoms with E-state index in [0.29, 0.717) is 6.54 Å². The van der Waals surface area contributed by atoms with Gasteiger partial charge in [-0.2, -0.15) is 5.26 Å². The molecule has 0 heterocycles. The summed E-state index contributed by atoms with van der Waals surface area (Å²) in [5, 5.41) is 22.6.